The van der Waals surface area contributed by atoms with Crippen LogP contribution in [0.3, 0.4) is 0 Å². The molecular weight excluding hydrogens is 372 g/mol. The van der Waals surface area contributed by atoms with Gasteiger partial charge in [0.05, 0.1) is 18.7 Å². The summed E-state index contributed by atoms with van der Waals surface area (Å²) < 4.78 is 6.88. The zero-order valence-electron chi connectivity index (χ0n) is 16.5. The van der Waals surface area contributed by atoms with Gasteiger partial charge in [-0.05, 0) is 51.2 Å². The van der Waals surface area contributed by atoms with Crippen molar-refractivity contribution in [2.45, 2.75) is 26.8 Å². The van der Waals surface area contributed by atoms with Crippen LogP contribution in [0.2, 0.25) is 0 Å². The van der Waals surface area contributed by atoms with E-state index < -0.39 is 12.0 Å². The summed E-state index contributed by atoms with van der Waals surface area (Å²) in [6, 6.07) is 11.4. The Morgan fingerprint density at radius 1 is 1.25 bits per heavy atom. The first-order chi connectivity index (χ1) is 13.3. The van der Waals surface area contributed by atoms with Crippen LogP contribution in [0.25, 0.3) is 0 Å². The Bertz CT molecular complexity index is 1030. The van der Waals surface area contributed by atoms with Crippen LogP contribution in [0, 0.1) is 25.2 Å². The molecule has 0 unspecified atom stereocenters. The SMILES string of the molecule is COC(=O)C1=C(C)N(c2ccc(C)cc2)C(=S)N[C@@H]1c1cc(C#N)n(C)c1C. The van der Waals surface area contributed by atoms with Gasteiger partial charge in [0.15, 0.2) is 5.11 Å². The number of nitriles is 1. The Hall–Kier alpha value is -3.11. The fraction of sp³-hybridized carbons (Fsp3) is 0.286. The summed E-state index contributed by atoms with van der Waals surface area (Å²) in [5.74, 6) is -0.434. The number of rotatable bonds is 3. The Morgan fingerprint density at radius 3 is 2.43 bits per heavy atom. The number of anilines is 1. The summed E-state index contributed by atoms with van der Waals surface area (Å²) in [6.07, 6.45) is 0. The second-order valence-electron chi connectivity index (χ2n) is 6.79. The molecule has 1 N–H and O–H groups in total. The highest BCUT2D eigenvalue weighted by atomic mass is 32.1. The lowest BCUT2D eigenvalue weighted by Crippen LogP contribution is -2.48. The monoisotopic (exact) mass is 394 g/mol. The molecule has 3 rings (SSSR count). The van der Waals surface area contributed by atoms with Gasteiger partial charge < -0.3 is 14.6 Å². The fourth-order valence-corrected chi connectivity index (χ4v) is 3.84. The van der Waals surface area contributed by atoms with Crippen molar-refractivity contribution >= 4 is 29.0 Å². The quantitative estimate of drug-likeness (QED) is 0.636. The standard InChI is InChI=1S/C21H22N4O2S/c1-12-6-8-15(9-7-12)25-14(3)18(20(26)27-5)19(23-21(25)28)17-10-16(11-22)24(4)13(17)2/h6-10,19H,1-5H3,(H,23,28)/t19-/m1/s1. The fourth-order valence-electron chi connectivity index (χ4n) is 3.48. The number of hydrogen-bond donors (Lipinski definition) is 1. The van der Waals surface area contributed by atoms with Gasteiger partial charge >= 0.3 is 5.97 Å². The molecule has 7 heteroatoms. The molecule has 144 valence electrons. The molecule has 1 aromatic heterocycles. The summed E-state index contributed by atoms with van der Waals surface area (Å²) >= 11 is 5.64. The minimum absolute atomic E-state index is 0.434. The van der Waals surface area contributed by atoms with E-state index in [1.807, 2.05) is 57.0 Å². The molecule has 0 saturated heterocycles. The van der Waals surface area contributed by atoms with Crippen LogP contribution in [-0.4, -0.2) is 22.8 Å². The van der Waals surface area contributed by atoms with Crippen molar-refractivity contribution in [1.82, 2.24) is 9.88 Å². The molecule has 0 spiro atoms. The molecule has 0 aliphatic carbocycles. The molecule has 1 aromatic carbocycles. The smallest absolute Gasteiger partial charge is 0.337 e. The number of nitrogens with one attached hydrogen (secondary N) is 1. The van der Waals surface area contributed by atoms with Crippen molar-refractivity contribution in [3.8, 4) is 6.07 Å². The van der Waals surface area contributed by atoms with E-state index in [0.717, 1.165) is 22.5 Å². The average Bonchev–Trinajstić information content (AvgIpc) is 2.96. The highest BCUT2D eigenvalue weighted by molar-refractivity contribution is 7.80. The highest BCUT2D eigenvalue weighted by Crippen LogP contribution is 2.36. The van der Waals surface area contributed by atoms with E-state index in [4.69, 9.17) is 17.0 Å². The molecule has 0 radical (unpaired) electrons. The number of nitrogens with zero attached hydrogens (tertiary/aromatic N) is 3. The van der Waals surface area contributed by atoms with Crippen LogP contribution in [0.5, 0.6) is 0 Å². The number of aryl methyl sites for hydroxylation is 1. The predicted molar refractivity (Wildman–Crippen MR) is 112 cm³/mol. The molecule has 6 nitrogen and oxygen atoms in total. The number of aromatic nitrogens is 1. The lowest BCUT2D eigenvalue weighted by Gasteiger charge is -2.37. The second kappa shape index (κ2) is 7.49. The average molecular weight is 395 g/mol. The predicted octanol–water partition coefficient (Wildman–Crippen LogP) is 3.40. The summed E-state index contributed by atoms with van der Waals surface area (Å²) in [5, 5.41) is 13.1. The third kappa shape index (κ3) is 3.16. The third-order valence-electron chi connectivity index (χ3n) is 5.18. The molecule has 1 atom stereocenters. The topological polar surface area (TPSA) is 70.3 Å². The maximum atomic E-state index is 12.7. The highest BCUT2D eigenvalue weighted by Gasteiger charge is 2.36. The molecular formula is C21H22N4O2S. The Labute approximate surface area is 170 Å². The number of benzene rings is 1. The van der Waals surface area contributed by atoms with E-state index in [1.54, 1.807) is 10.6 Å². The van der Waals surface area contributed by atoms with Crippen molar-refractivity contribution in [3.05, 3.63) is 64.1 Å². The number of carbonyl (C=O) groups excluding carboxylic acids is 1. The number of allylic oxidation sites excluding steroid dienone is 1. The number of hydrogen-bond acceptors (Lipinski definition) is 4. The second-order valence-corrected chi connectivity index (χ2v) is 7.17. The number of thiocarbonyl (C=S) groups is 1. The molecule has 1 aliphatic rings. The first kappa shape index (κ1) is 19.6. The molecule has 0 amide bonds. The molecule has 0 bridgehead atoms. The number of methoxy groups -OCH3 is 1. The van der Waals surface area contributed by atoms with Gasteiger partial charge in [-0.25, -0.2) is 4.79 Å². The van der Waals surface area contributed by atoms with Crippen LogP contribution in [-0.2, 0) is 16.6 Å². The molecule has 2 aromatic rings. The van der Waals surface area contributed by atoms with E-state index in [0.29, 0.717) is 22.1 Å². The van der Waals surface area contributed by atoms with Crippen LogP contribution < -0.4 is 10.2 Å². The largest absolute Gasteiger partial charge is 0.466 e. The van der Waals surface area contributed by atoms with Crippen molar-refractivity contribution in [2.75, 3.05) is 12.0 Å². The summed E-state index contributed by atoms with van der Waals surface area (Å²) in [4.78, 5) is 14.5. The van der Waals surface area contributed by atoms with Gasteiger partial charge in [-0.1, -0.05) is 17.7 Å². The van der Waals surface area contributed by atoms with Gasteiger partial charge in [0.25, 0.3) is 0 Å². The maximum Gasteiger partial charge on any atom is 0.337 e. The lowest BCUT2D eigenvalue weighted by molar-refractivity contribution is -0.136. The van der Waals surface area contributed by atoms with Crippen LogP contribution >= 0.6 is 12.2 Å². The van der Waals surface area contributed by atoms with Gasteiger partial charge in [-0.2, -0.15) is 5.26 Å². The van der Waals surface area contributed by atoms with Gasteiger partial charge in [0.2, 0.25) is 0 Å². The van der Waals surface area contributed by atoms with Crippen molar-refractivity contribution in [3.63, 3.8) is 0 Å². The minimum Gasteiger partial charge on any atom is -0.466 e. The normalized spacial score (nSPS) is 16.6. The molecule has 0 fully saturated rings. The number of esters is 1. The molecule has 28 heavy (non-hydrogen) atoms. The first-order valence-corrected chi connectivity index (χ1v) is 9.23. The van der Waals surface area contributed by atoms with Crippen LogP contribution in [0.4, 0.5) is 5.69 Å². The van der Waals surface area contributed by atoms with Gasteiger partial charge in [-0.3, -0.25) is 4.90 Å². The van der Waals surface area contributed by atoms with Crippen LogP contribution in [0.1, 0.15) is 35.5 Å². The lowest BCUT2D eigenvalue weighted by atomic mass is 9.94. The van der Waals surface area contributed by atoms with Crippen molar-refractivity contribution in [1.29, 1.82) is 5.26 Å². The molecule has 2 heterocycles. The molecule has 0 saturated carbocycles. The number of ether oxygens (including phenoxy) is 1. The minimum atomic E-state index is -0.491. The van der Waals surface area contributed by atoms with Crippen molar-refractivity contribution < 1.29 is 9.53 Å². The van der Waals surface area contributed by atoms with E-state index in [1.165, 1.54) is 7.11 Å². The Kier molecular flexibility index (Phi) is 5.25. The Morgan fingerprint density at radius 2 is 1.89 bits per heavy atom. The van der Waals surface area contributed by atoms with Crippen molar-refractivity contribution in [2.24, 2.45) is 7.05 Å². The van der Waals surface area contributed by atoms with Gasteiger partial charge in [0, 0.05) is 29.7 Å². The van der Waals surface area contributed by atoms with E-state index in [2.05, 4.69) is 11.4 Å². The van der Waals surface area contributed by atoms with Crippen LogP contribution in [0.15, 0.2) is 41.6 Å². The van der Waals surface area contributed by atoms with Gasteiger partial charge in [-0.15, -0.1) is 0 Å². The zero-order chi connectivity index (χ0) is 20.6. The van der Waals surface area contributed by atoms with E-state index in [9.17, 15) is 10.1 Å². The summed E-state index contributed by atoms with van der Waals surface area (Å²) in [7, 11) is 3.19. The summed E-state index contributed by atoms with van der Waals surface area (Å²) in [5.41, 5.74) is 5.39. The zero-order valence-corrected chi connectivity index (χ0v) is 17.3. The summed E-state index contributed by atoms with van der Waals surface area (Å²) in [6.45, 7) is 5.79. The van der Waals surface area contributed by atoms with Gasteiger partial charge in [0.1, 0.15) is 11.8 Å². The van der Waals surface area contributed by atoms with E-state index in [-0.39, 0.29) is 0 Å². The number of carbonyl (C=O) groups is 1. The molecule has 1 aliphatic heterocycles. The first-order valence-electron chi connectivity index (χ1n) is 8.82. The Balaban J connectivity index is 2.18. The maximum absolute atomic E-state index is 12.7. The van der Waals surface area contributed by atoms with E-state index >= 15 is 0 Å². The third-order valence-corrected chi connectivity index (χ3v) is 5.48.